The van der Waals surface area contributed by atoms with Crippen molar-refractivity contribution in [2.45, 2.75) is 19.4 Å². The molecule has 3 nitrogen and oxygen atoms in total. The Hall–Kier alpha value is -1.79. The van der Waals surface area contributed by atoms with E-state index in [9.17, 15) is 13.6 Å². The van der Waals surface area contributed by atoms with E-state index in [0.29, 0.717) is 0 Å². The van der Waals surface area contributed by atoms with Crippen molar-refractivity contribution in [3.05, 3.63) is 51.7 Å². The summed E-state index contributed by atoms with van der Waals surface area (Å²) in [4.78, 5) is 14.6. The summed E-state index contributed by atoms with van der Waals surface area (Å²) < 4.78 is 26.7. The van der Waals surface area contributed by atoms with Gasteiger partial charge < -0.3 is 10.2 Å². The third kappa shape index (κ3) is 3.03. The molecule has 1 amide bonds. The minimum absolute atomic E-state index is 0.106. The summed E-state index contributed by atoms with van der Waals surface area (Å²) in [6.07, 6.45) is 0.953. The van der Waals surface area contributed by atoms with Crippen molar-refractivity contribution in [3.8, 4) is 0 Å². The first-order valence-electron chi connectivity index (χ1n) is 7.20. The minimum Gasteiger partial charge on any atom is -0.321 e. The van der Waals surface area contributed by atoms with Crippen LogP contribution in [-0.2, 0) is 11.2 Å². The van der Waals surface area contributed by atoms with Crippen LogP contribution in [0, 0.1) is 11.6 Å². The topological polar surface area (TPSA) is 33.5 Å². The SMILES string of the molecule is C[C@H]1c2ccsc2CC[NH+]1CC(=O)Nc1cc(F)ccc1F. The van der Waals surface area contributed by atoms with Gasteiger partial charge in [0.2, 0.25) is 0 Å². The fraction of sp³-hybridized carbons (Fsp3) is 0.312. The lowest BCUT2D eigenvalue weighted by molar-refractivity contribution is -0.923. The van der Waals surface area contributed by atoms with Gasteiger partial charge in [-0.1, -0.05) is 0 Å². The monoisotopic (exact) mass is 323 g/mol. The van der Waals surface area contributed by atoms with Crippen molar-refractivity contribution in [1.82, 2.24) is 0 Å². The Kier molecular flexibility index (Phi) is 4.22. The lowest BCUT2D eigenvalue weighted by atomic mass is 10.0. The van der Waals surface area contributed by atoms with Gasteiger partial charge in [0.25, 0.3) is 5.91 Å². The van der Waals surface area contributed by atoms with Crippen LogP contribution in [0.25, 0.3) is 0 Å². The number of nitrogens with one attached hydrogen (secondary N) is 2. The Labute approximate surface area is 131 Å². The number of amides is 1. The number of rotatable bonds is 3. The zero-order valence-electron chi connectivity index (χ0n) is 12.2. The van der Waals surface area contributed by atoms with E-state index < -0.39 is 11.6 Å². The van der Waals surface area contributed by atoms with Crippen molar-refractivity contribution in [3.63, 3.8) is 0 Å². The van der Waals surface area contributed by atoms with Gasteiger partial charge in [-0.2, -0.15) is 0 Å². The first-order chi connectivity index (χ1) is 10.5. The Morgan fingerprint density at radius 2 is 2.23 bits per heavy atom. The first-order valence-corrected chi connectivity index (χ1v) is 8.08. The number of fused-ring (bicyclic) bond motifs is 1. The molecule has 3 rings (SSSR count). The Balaban J connectivity index is 1.66. The molecule has 2 heterocycles. The van der Waals surface area contributed by atoms with Gasteiger partial charge in [-0.05, 0) is 30.5 Å². The third-order valence-corrected chi connectivity index (χ3v) is 5.12. The van der Waals surface area contributed by atoms with Gasteiger partial charge in [0.1, 0.15) is 17.7 Å². The highest BCUT2D eigenvalue weighted by molar-refractivity contribution is 7.10. The molecule has 0 saturated carbocycles. The maximum absolute atomic E-state index is 13.6. The molecule has 2 atom stereocenters. The largest absolute Gasteiger partial charge is 0.321 e. The van der Waals surface area contributed by atoms with Crippen LogP contribution < -0.4 is 10.2 Å². The highest BCUT2D eigenvalue weighted by Gasteiger charge is 2.29. The number of carbonyl (C=O) groups is 1. The summed E-state index contributed by atoms with van der Waals surface area (Å²) >= 11 is 1.75. The van der Waals surface area contributed by atoms with Crippen molar-refractivity contribution in [2.24, 2.45) is 0 Å². The van der Waals surface area contributed by atoms with Crippen LogP contribution in [-0.4, -0.2) is 19.0 Å². The van der Waals surface area contributed by atoms with Crippen LogP contribution in [0.3, 0.4) is 0 Å². The lowest BCUT2D eigenvalue weighted by Crippen LogP contribution is -3.14. The molecule has 116 valence electrons. The quantitative estimate of drug-likeness (QED) is 0.892. The number of carbonyl (C=O) groups excluding carboxylic acids is 1. The molecule has 1 aromatic heterocycles. The second-order valence-corrected chi connectivity index (χ2v) is 6.53. The average molecular weight is 323 g/mol. The zero-order valence-corrected chi connectivity index (χ0v) is 13.0. The van der Waals surface area contributed by atoms with Gasteiger partial charge in [0.15, 0.2) is 6.54 Å². The van der Waals surface area contributed by atoms with Crippen molar-refractivity contribution in [2.75, 3.05) is 18.4 Å². The molecule has 1 aliphatic rings. The number of halogens is 2. The van der Waals surface area contributed by atoms with Crippen LogP contribution in [0.5, 0.6) is 0 Å². The summed E-state index contributed by atoms with van der Waals surface area (Å²) in [5.41, 5.74) is 1.18. The number of quaternary nitrogens is 1. The maximum atomic E-state index is 13.6. The Morgan fingerprint density at radius 3 is 3.05 bits per heavy atom. The molecular formula is C16H17F2N2OS+. The predicted octanol–water partition coefficient (Wildman–Crippen LogP) is 2.17. The lowest BCUT2D eigenvalue weighted by Gasteiger charge is -2.29. The van der Waals surface area contributed by atoms with Gasteiger partial charge in [0.05, 0.1) is 12.2 Å². The molecule has 0 aliphatic carbocycles. The van der Waals surface area contributed by atoms with Gasteiger partial charge in [0, 0.05) is 22.9 Å². The summed E-state index contributed by atoms with van der Waals surface area (Å²) in [6, 6.07) is 5.38. The molecule has 0 fully saturated rings. The van der Waals surface area contributed by atoms with Gasteiger partial charge in [-0.25, -0.2) is 8.78 Å². The molecule has 0 bridgehead atoms. The molecule has 2 N–H and O–H groups in total. The highest BCUT2D eigenvalue weighted by atomic mass is 32.1. The third-order valence-electron chi connectivity index (χ3n) is 4.12. The van der Waals surface area contributed by atoms with Crippen LogP contribution in [0.15, 0.2) is 29.6 Å². The average Bonchev–Trinajstić information content (AvgIpc) is 2.95. The van der Waals surface area contributed by atoms with E-state index in [2.05, 4.69) is 23.7 Å². The summed E-state index contributed by atoms with van der Waals surface area (Å²) in [5.74, 6) is -1.50. The molecule has 1 aromatic carbocycles. The van der Waals surface area contributed by atoms with Crippen molar-refractivity contribution < 1.29 is 18.5 Å². The predicted molar refractivity (Wildman–Crippen MR) is 82.1 cm³/mol. The molecule has 1 unspecified atom stereocenters. The molecule has 0 spiro atoms. The molecule has 22 heavy (non-hydrogen) atoms. The van der Waals surface area contributed by atoms with E-state index in [1.807, 2.05) is 0 Å². The molecule has 6 heteroatoms. The fourth-order valence-corrected chi connectivity index (χ4v) is 3.87. The molecular weight excluding hydrogens is 306 g/mol. The smallest absolute Gasteiger partial charge is 0.279 e. The molecule has 2 aromatic rings. The minimum atomic E-state index is -0.628. The normalized spacial score (nSPS) is 20.5. The second-order valence-electron chi connectivity index (χ2n) is 5.53. The summed E-state index contributed by atoms with van der Waals surface area (Å²) in [5, 5.41) is 4.54. The fourth-order valence-electron chi connectivity index (χ4n) is 2.89. The van der Waals surface area contributed by atoms with Crippen LogP contribution in [0.1, 0.15) is 23.4 Å². The second kappa shape index (κ2) is 6.14. The number of benzene rings is 1. The number of thiophene rings is 1. The zero-order chi connectivity index (χ0) is 15.7. The number of hydrogen-bond acceptors (Lipinski definition) is 2. The van der Waals surface area contributed by atoms with Gasteiger partial charge in [-0.3, -0.25) is 4.79 Å². The van der Waals surface area contributed by atoms with Crippen LogP contribution >= 0.6 is 11.3 Å². The van der Waals surface area contributed by atoms with E-state index in [4.69, 9.17) is 0 Å². The van der Waals surface area contributed by atoms with Crippen molar-refractivity contribution in [1.29, 1.82) is 0 Å². The Morgan fingerprint density at radius 1 is 1.41 bits per heavy atom. The highest BCUT2D eigenvalue weighted by Crippen LogP contribution is 2.24. The summed E-state index contributed by atoms with van der Waals surface area (Å²) in [6.45, 7) is 3.20. The first kappa shape index (κ1) is 15.1. The Bertz CT molecular complexity index is 701. The maximum Gasteiger partial charge on any atom is 0.279 e. The van der Waals surface area contributed by atoms with Gasteiger partial charge in [-0.15, -0.1) is 11.3 Å². The summed E-state index contributed by atoms with van der Waals surface area (Å²) in [7, 11) is 0. The van der Waals surface area contributed by atoms with E-state index >= 15 is 0 Å². The van der Waals surface area contributed by atoms with Crippen LogP contribution in [0.4, 0.5) is 14.5 Å². The number of hydrogen-bond donors (Lipinski definition) is 2. The molecule has 1 aliphatic heterocycles. The van der Waals surface area contributed by atoms with E-state index in [-0.39, 0.29) is 24.2 Å². The van der Waals surface area contributed by atoms with Crippen LogP contribution in [0.2, 0.25) is 0 Å². The molecule has 0 radical (unpaired) electrons. The van der Waals surface area contributed by atoms with E-state index in [0.717, 1.165) is 36.1 Å². The van der Waals surface area contributed by atoms with Crippen molar-refractivity contribution >= 4 is 22.9 Å². The standard InChI is InChI=1S/C16H16F2N2OS/c1-10-12-5-7-22-15(12)4-6-20(10)9-16(21)19-14-8-11(17)2-3-13(14)18/h2-3,5,7-8,10H,4,6,9H2,1H3,(H,19,21)/p+1/t10-/m0/s1. The molecule has 0 saturated heterocycles. The van der Waals surface area contributed by atoms with E-state index in [1.165, 1.54) is 10.4 Å². The van der Waals surface area contributed by atoms with E-state index in [1.54, 1.807) is 11.3 Å². The number of anilines is 1. The van der Waals surface area contributed by atoms with Gasteiger partial charge >= 0.3 is 0 Å².